The fourth-order valence-electron chi connectivity index (χ4n) is 2.36. The summed E-state index contributed by atoms with van der Waals surface area (Å²) in [5, 5.41) is 11.5. The molecule has 19 heavy (non-hydrogen) atoms. The highest BCUT2D eigenvalue weighted by atomic mass is 19.3. The molecule has 0 spiro atoms. The zero-order valence-electron chi connectivity index (χ0n) is 12.8. The summed E-state index contributed by atoms with van der Waals surface area (Å²) >= 11 is 0. The van der Waals surface area contributed by atoms with Gasteiger partial charge in [-0.05, 0) is 37.5 Å². The van der Waals surface area contributed by atoms with Crippen LogP contribution in [-0.2, 0) is 0 Å². The first-order chi connectivity index (χ1) is 9.01. The van der Waals surface area contributed by atoms with E-state index in [1.165, 1.54) is 6.42 Å². The molecule has 2 aliphatic carbocycles. The second-order valence-corrected chi connectivity index (χ2v) is 5.47. The van der Waals surface area contributed by atoms with Gasteiger partial charge in [0.05, 0.1) is 12.6 Å². The molecule has 0 heterocycles. The number of hydrogen-bond acceptors (Lipinski definition) is 2. The Hall–Kier alpha value is -0.220. The lowest BCUT2D eigenvalue weighted by Gasteiger charge is -2.33. The van der Waals surface area contributed by atoms with E-state index in [1.54, 1.807) is 0 Å². The second kappa shape index (κ2) is 10.6. The second-order valence-electron chi connectivity index (χ2n) is 5.47. The average Bonchev–Trinajstić information content (AvgIpc) is 2.32. The number of nitrogens with one attached hydrogen (secondary N) is 1. The maximum atomic E-state index is 11.6. The van der Waals surface area contributed by atoms with Crippen LogP contribution in [0.1, 0.15) is 59.8 Å². The van der Waals surface area contributed by atoms with Crippen molar-refractivity contribution in [1.29, 1.82) is 0 Å². The first kappa shape index (κ1) is 18.8. The van der Waals surface area contributed by atoms with Crippen molar-refractivity contribution >= 4 is 0 Å². The van der Waals surface area contributed by atoms with Crippen LogP contribution in [-0.4, -0.2) is 30.2 Å². The molecule has 2 fully saturated rings. The lowest BCUT2D eigenvalue weighted by molar-refractivity contribution is 0.0414. The predicted octanol–water partition coefficient (Wildman–Crippen LogP) is 3.83. The molecule has 0 bridgehead atoms. The van der Waals surface area contributed by atoms with Gasteiger partial charge in [-0.25, -0.2) is 8.78 Å². The largest absolute Gasteiger partial charge is 0.393 e. The molecular weight excluding hydrogens is 248 g/mol. The maximum absolute atomic E-state index is 11.6. The molecule has 0 saturated heterocycles. The summed E-state index contributed by atoms with van der Waals surface area (Å²) in [5.74, 6) is 1.57. The zero-order chi connectivity index (χ0) is 14.8. The normalized spacial score (nSPS) is 32.2. The van der Waals surface area contributed by atoms with E-state index < -0.39 is 6.43 Å². The highest BCUT2D eigenvalue weighted by molar-refractivity contribution is 4.82. The minimum Gasteiger partial charge on any atom is -0.393 e. The smallest absolute Gasteiger partial charge is 0.250 e. The molecule has 2 N–H and O–H groups in total. The number of aliphatic hydroxyl groups is 1. The van der Waals surface area contributed by atoms with Crippen molar-refractivity contribution in [2.24, 2.45) is 11.8 Å². The molecule has 0 aliphatic heterocycles. The molecule has 0 aromatic carbocycles. The number of hydrogen-bond donors (Lipinski definition) is 2. The van der Waals surface area contributed by atoms with Crippen molar-refractivity contribution in [2.45, 2.75) is 78.4 Å². The van der Waals surface area contributed by atoms with Crippen LogP contribution in [0.3, 0.4) is 0 Å². The molecule has 2 saturated carbocycles. The van der Waals surface area contributed by atoms with E-state index in [0.29, 0.717) is 6.04 Å². The molecule has 2 nitrogen and oxygen atoms in total. The van der Waals surface area contributed by atoms with Gasteiger partial charge < -0.3 is 10.4 Å². The van der Waals surface area contributed by atoms with Crippen LogP contribution in [0.5, 0.6) is 0 Å². The average molecular weight is 279 g/mol. The molecule has 116 valence electrons. The van der Waals surface area contributed by atoms with Gasteiger partial charge >= 0.3 is 0 Å². The summed E-state index contributed by atoms with van der Waals surface area (Å²) in [7, 11) is 0. The van der Waals surface area contributed by atoms with E-state index in [0.717, 1.165) is 37.5 Å². The van der Waals surface area contributed by atoms with Crippen molar-refractivity contribution < 1.29 is 13.9 Å². The molecule has 0 aromatic rings. The standard InChI is InChI=1S/C7H13F2N.C6H12O.C2H6/c1-5-2-6(3-5)10-4-7(8)9;1-2-5-3-6(7)4-5;1-2/h5-7,10H,2-4H2,1H3;5-7H,2-4H2,1H3;1-2H3. The van der Waals surface area contributed by atoms with Gasteiger partial charge in [0.25, 0.3) is 6.43 Å². The van der Waals surface area contributed by atoms with E-state index in [4.69, 9.17) is 5.11 Å². The van der Waals surface area contributed by atoms with Gasteiger partial charge in [0, 0.05) is 6.04 Å². The van der Waals surface area contributed by atoms with Crippen LogP contribution in [0.15, 0.2) is 0 Å². The van der Waals surface area contributed by atoms with E-state index in [2.05, 4.69) is 19.2 Å². The Bertz CT molecular complexity index is 202. The van der Waals surface area contributed by atoms with E-state index in [-0.39, 0.29) is 12.6 Å². The highest BCUT2D eigenvalue weighted by Gasteiger charge is 2.25. The molecule has 0 unspecified atom stereocenters. The van der Waals surface area contributed by atoms with E-state index in [1.807, 2.05) is 13.8 Å². The third-order valence-electron chi connectivity index (χ3n) is 3.72. The summed E-state index contributed by atoms with van der Waals surface area (Å²) in [6, 6.07) is 0.365. The fraction of sp³-hybridized carbons (Fsp3) is 1.00. The van der Waals surface area contributed by atoms with E-state index in [9.17, 15) is 8.78 Å². The van der Waals surface area contributed by atoms with Crippen molar-refractivity contribution in [2.75, 3.05) is 6.54 Å². The van der Waals surface area contributed by atoms with Gasteiger partial charge in [-0.1, -0.05) is 34.1 Å². The third kappa shape index (κ3) is 8.53. The predicted molar refractivity (Wildman–Crippen MR) is 76.6 cm³/mol. The van der Waals surface area contributed by atoms with Gasteiger partial charge in [0.1, 0.15) is 0 Å². The SMILES string of the molecule is CC.CC1CC(NCC(F)F)C1.CCC1CC(O)C1. The van der Waals surface area contributed by atoms with Gasteiger partial charge in [0.2, 0.25) is 0 Å². The van der Waals surface area contributed by atoms with E-state index >= 15 is 0 Å². The first-order valence-corrected chi connectivity index (χ1v) is 7.70. The summed E-state index contributed by atoms with van der Waals surface area (Å²) in [5.41, 5.74) is 0. The number of halogens is 2. The Morgan fingerprint density at radius 3 is 1.95 bits per heavy atom. The third-order valence-corrected chi connectivity index (χ3v) is 3.72. The maximum Gasteiger partial charge on any atom is 0.250 e. The minimum absolute atomic E-state index is 0.0462. The fourth-order valence-corrected chi connectivity index (χ4v) is 2.36. The molecule has 0 radical (unpaired) electrons. The Balaban J connectivity index is 0.000000316. The Morgan fingerprint density at radius 2 is 1.68 bits per heavy atom. The van der Waals surface area contributed by atoms with Crippen LogP contribution >= 0.6 is 0 Å². The molecule has 2 rings (SSSR count). The number of aliphatic hydroxyl groups excluding tert-OH is 1. The van der Waals surface area contributed by atoms with Crippen molar-refractivity contribution in [3.8, 4) is 0 Å². The topological polar surface area (TPSA) is 32.3 Å². The lowest BCUT2D eigenvalue weighted by atomic mass is 9.81. The number of rotatable bonds is 4. The quantitative estimate of drug-likeness (QED) is 0.819. The van der Waals surface area contributed by atoms with Crippen LogP contribution in [0.2, 0.25) is 0 Å². The van der Waals surface area contributed by atoms with Crippen molar-refractivity contribution in [3.05, 3.63) is 0 Å². The van der Waals surface area contributed by atoms with Crippen LogP contribution in [0.25, 0.3) is 0 Å². The Morgan fingerprint density at radius 1 is 1.16 bits per heavy atom. The highest BCUT2D eigenvalue weighted by Crippen LogP contribution is 2.29. The van der Waals surface area contributed by atoms with Crippen LogP contribution in [0.4, 0.5) is 8.78 Å². The van der Waals surface area contributed by atoms with Crippen molar-refractivity contribution in [1.82, 2.24) is 5.32 Å². The molecule has 0 atom stereocenters. The van der Waals surface area contributed by atoms with Gasteiger partial charge in [-0.2, -0.15) is 0 Å². The molecule has 2 aliphatic rings. The molecule has 0 amide bonds. The molecule has 4 heteroatoms. The summed E-state index contributed by atoms with van der Waals surface area (Å²) < 4.78 is 23.2. The first-order valence-electron chi connectivity index (χ1n) is 7.70. The zero-order valence-corrected chi connectivity index (χ0v) is 12.8. The Kier molecular flexibility index (Phi) is 10.4. The summed E-state index contributed by atoms with van der Waals surface area (Å²) in [6.45, 7) is 8.18. The number of alkyl halides is 2. The monoisotopic (exact) mass is 279 g/mol. The van der Waals surface area contributed by atoms with Gasteiger partial charge in [-0.15, -0.1) is 0 Å². The minimum atomic E-state index is -2.20. The van der Waals surface area contributed by atoms with Gasteiger partial charge in [-0.3, -0.25) is 0 Å². The van der Waals surface area contributed by atoms with Crippen LogP contribution in [0, 0.1) is 11.8 Å². The molecular formula is C15H31F2NO. The summed E-state index contributed by atoms with van der Waals surface area (Å²) in [6.07, 6.45) is 3.32. The van der Waals surface area contributed by atoms with Crippen LogP contribution < -0.4 is 5.32 Å². The van der Waals surface area contributed by atoms with Gasteiger partial charge in [0.15, 0.2) is 0 Å². The lowest BCUT2D eigenvalue weighted by Crippen LogP contribution is -2.42. The van der Waals surface area contributed by atoms with Crippen molar-refractivity contribution in [3.63, 3.8) is 0 Å². The molecule has 0 aromatic heterocycles. The summed E-state index contributed by atoms with van der Waals surface area (Å²) in [4.78, 5) is 0. The Labute approximate surface area is 117 Å².